The van der Waals surface area contributed by atoms with Gasteiger partial charge >= 0.3 is 0 Å². The van der Waals surface area contributed by atoms with E-state index in [1.807, 2.05) is 7.05 Å². The molecule has 0 spiro atoms. The largest absolute Gasteiger partial charge is 0.390 e. The van der Waals surface area contributed by atoms with Crippen molar-refractivity contribution < 1.29 is 5.11 Å². The quantitative estimate of drug-likeness (QED) is 0.796. The van der Waals surface area contributed by atoms with Crippen LogP contribution in [0.1, 0.15) is 18.1 Å². The van der Waals surface area contributed by atoms with E-state index in [9.17, 15) is 5.11 Å². The minimum absolute atomic E-state index is 0.132. The summed E-state index contributed by atoms with van der Waals surface area (Å²) in [7, 11) is 2.03. The second-order valence-electron chi connectivity index (χ2n) is 4.50. The monoisotopic (exact) mass is 220 g/mol. The van der Waals surface area contributed by atoms with Crippen LogP contribution >= 0.6 is 0 Å². The minimum atomic E-state index is -0.442. The first kappa shape index (κ1) is 11.4. The fourth-order valence-corrected chi connectivity index (χ4v) is 2.46. The van der Waals surface area contributed by atoms with Crippen LogP contribution in [0.3, 0.4) is 0 Å². The fourth-order valence-electron chi connectivity index (χ4n) is 2.46. The molecule has 1 heterocycles. The lowest BCUT2D eigenvalue weighted by Gasteiger charge is -2.26. The molecule has 2 unspecified atom stereocenters. The highest BCUT2D eigenvalue weighted by Gasteiger charge is 2.31. The van der Waals surface area contributed by atoms with E-state index in [1.165, 1.54) is 16.8 Å². The number of hydrogen-bond acceptors (Lipinski definition) is 3. The van der Waals surface area contributed by atoms with Crippen LogP contribution in [0.4, 0.5) is 5.69 Å². The number of aryl methyl sites for hydroxylation is 1. The Balaban J connectivity index is 2.27. The number of nitrogens with two attached hydrogens (primary N) is 1. The lowest BCUT2D eigenvalue weighted by Crippen LogP contribution is -2.43. The van der Waals surface area contributed by atoms with Gasteiger partial charge in [0.05, 0.1) is 12.1 Å². The molecule has 0 amide bonds. The van der Waals surface area contributed by atoms with Gasteiger partial charge in [-0.2, -0.15) is 0 Å². The molecule has 0 saturated heterocycles. The minimum Gasteiger partial charge on any atom is -0.390 e. The van der Waals surface area contributed by atoms with E-state index < -0.39 is 6.10 Å². The smallest absolute Gasteiger partial charge is 0.0868 e. The molecule has 3 nitrogen and oxygen atoms in total. The third-order valence-corrected chi connectivity index (χ3v) is 3.54. The van der Waals surface area contributed by atoms with Crippen molar-refractivity contribution in [3.8, 4) is 0 Å². The first-order valence-corrected chi connectivity index (χ1v) is 5.90. The third kappa shape index (κ3) is 1.81. The van der Waals surface area contributed by atoms with Crippen molar-refractivity contribution in [2.45, 2.75) is 31.9 Å². The third-order valence-electron chi connectivity index (χ3n) is 3.54. The van der Waals surface area contributed by atoms with Gasteiger partial charge in [-0.1, -0.05) is 19.1 Å². The Morgan fingerprint density at radius 2 is 2.31 bits per heavy atom. The average Bonchev–Trinajstić information content (AvgIpc) is 2.65. The molecule has 2 rings (SSSR count). The lowest BCUT2D eigenvalue weighted by atomic mass is 10.0. The normalized spacial score (nSPS) is 21.0. The van der Waals surface area contributed by atoms with Gasteiger partial charge in [0, 0.05) is 19.3 Å². The van der Waals surface area contributed by atoms with Gasteiger partial charge in [0.15, 0.2) is 0 Å². The molecule has 1 aliphatic heterocycles. The Labute approximate surface area is 96.9 Å². The topological polar surface area (TPSA) is 49.5 Å². The van der Waals surface area contributed by atoms with Crippen molar-refractivity contribution in [2.75, 3.05) is 18.5 Å². The average molecular weight is 220 g/mol. The number of rotatable bonds is 3. The van der Waals surface area contributed by atoms with Gasteiger partial charge in [0.25, 0.3) is 0 Å². The highest BCUT2D eigenvalue weighted by Crippen LogP contribution is 2.32. The van der Waals surface area contributed by atoms with Crippen LogP contribution in [0.25, 0.3) is 0 Å². The Kier molecular flexibility index (Phi) is 3.17. The van der Waals surface area contributed by atoms with Gasteiger partial charge in [-0.3, -0.25) is 0 Å². The van der Waals surface area contributed by atoms with Gasteiger partial charge < -0.3 is 15.7 Å². The summed E-state index contributed by atoms with van der Waals surface area (Å²) < 4.78 is 0. The lowest BCUT2D eigenvalue weighted by molar-refractivity contribution is 0.153. The Morgan fingerprint density at radius 3 is 2.94 bits per heavy atom. The Hall–Kier alpha value is -1.06. The zero-order valence-corrected chi connectivity index (χ0v) is 9.98. The first-order chi connectivity index (χ1) is 7.67. The molecular formula is C13H20N2O. The molecule has 0 radical (unpaired) electrons. The van der Waals surface area contributed by atoms with E-state index in [2.05, 4.69) is 30.0 Å². The maximum atomic E-state index is 9.86. The zero-order chi connectivity index (χ0) is 11.7. The summed E-state index contributed by atoms with van der Waals surface area (Å²) in [5, 5.41) is 9.86. The Bertz CT molecular complexity index is 378. The molecule has 1 aromatic carbocycles. The fraction of sp³-hybridized carbons (Fsp3) is 0.538. The molecule has 3 heteroatoms. The number of benzene rings is 1. The van der Waals surface area contributed by atoms with Gasteiger partial charge in [-0.05, 0) is 30.0 Å². The summed E-state index contributed by atoms with van der Waals surface area (Å²) in [4.78, 5) is 2.15. The number of fused-ring (bicyclic) bond motifs is 1. The van der Waals surface area contributed by atoms with Crippen LogP contribution in [0.15, 0.2) is 18.2 Å². The summed E-state index contributed by atoms with van der Waals surface area (Å²) >= 11 is 0. The molecular weight excluding hydrogens is 200 g/mol. The van der Waals surface area contributed by atoms with Crippen molar-refractivity contribution in [1.29, 1.82) is 0 Å². The van der Waals surface area contributed by atoms with Crippen LogP contribution in [-0.4, -0.2) is 30.8 Å². The summed E-state index contributed by atoms with van der Waals surface area (Å²) in [5.41, 5.74) is 9.45. The maximum absolute atomic E-state index is 9.86. The predicted octanol–water partition coefficient (Wildman–Crippen LogP) is 0.929. The number of aliphatic hydroxyl groups is 1. The van der Waals surface area contributed by atoms with Crippen LogP contribution < -0.4 is 10.6 Å². The highest BCUT2D eigenvalue weighted by atomic mass is 16.3. The van der Waals surface area contributed by atoms with E-state index in [-0.39, 0.29) is 6.04 Å². The molecule has 0 bridgehead atoms. The number of likely N-dealkylation sites (N-methyl/N-ethyl adjacent to an activating group) is 1. The molecule has 0 aliphatic carbocycles. The van der Waals surface area contributed by atoms with E-state index in [0.717, 1.165) is 12.8 Å². The summed E-state index contributed by atoms with van der Waals surface area (Å²) in [5.74, 6) is 0. The van der Waals surface area contributed by atoms with Crippen molar-refractivity contribution in [3.05, 3.63) is 29.3 Å². The van der Waals surface area contributed by atoms with Gasteiger partial charge in [0.1, 0.15) is 0 Å². The molecule has 2 atom stereocenters. The number of nitrogens with zero attached hydrogens (tertiary/aromatic N) is 1. The molecule has 0 saturated carbocycles. The molecule has 16 heavy (non-hydrogen) atoms. The van der Waals surface area contributed by atoms with Gasteiger partial charge in [-0.15, -0.1) is 0 Å². The molecule has 0 aromatic heterocycles. The van der Waals surface area contributed by atoms with Crippen LogP contribution in [0, 0.1) is 0 Å². The second kappa shape index (κ2) is 4.44. The van der Waals surface area contributed by atoms with Crippen molar-refractivity contribution >= 4 is 5.69 Å². The molecule has 0 fully saturated rings. The standard InChI is InChI=1S/C13H20N2O/c1-3-9-4-5-11-10(6-9)7-12(15(11)2)13(16)8-14/h4-6,12-13,16H,3,7-8,14H2,1-2H3. The number of hydrogen-bond donors (Lipinski definition) is 2. The van der Waals surface area contributed by atoms with Crippen LogP contribution in [0.2, 0.25) is 0 Å². The van der Waals surface area contributed by atoms with Crippen LogP contribution in [-0.2, 0) is 12.8 Å². The van der Waals surface area contributed by atoms with E-state index >= 15 is 0 Å². The van der Waals surface area contributed by atoms with Crippen molar-refractivity contribution in [3.63, 3.8) is 0 Å². The van der Waals surface area contributed by atoms with E-state index in [0.29, 0.717) is 6.54 Å². The van der Waals surface area contributed by atoms with E-state index in [1.54, 1.807) is 0 Å². The highest BCUT2D eigenvalue weighted by molar-refractivity contribution is 5.60. The summed E-state index contributed by atoms with van der Waals surface area (Å²) in [6.07, 6.45) is 1.52. The SMILES string of the molecule is CCc1ccc2c(c1)CC(C(O)CN)N2C. The molecule has 88 valence electrons. The first-order valence-electron chi connectivity index (χ1n) is 5.90. The molecule has 1 aromatic rings. The Morgan fingerprint density at radius 1 is 1.56 bits per heavy atom. The van der Waals surface area contributed by atoms with E-state index in [4.69, 9.17) is 5.73 Å². The summed E-state index contributed by atoms with van der Waals surface area (Å²) in [6, 6.07) is 6.69. The van der Waals surface area contributed by atoms with Crippen molar-refractivity contribution in [1.82, 2.24) is 0 Å². The molecule has 1 aliphatic rings. The van der Waals surface area contributed by atoms with Crippen LogP contribution in [0.5, 0.6) is 0 Å². The number of anilines is 1. The maximum Gasteiger partial charge on any atom is 0.0868 e. The predicted molar refractivity (Wildman–Crippen MR) is 66.8 cm³/mol. The number of aliphatic hydroxyl groups excluding tert-OH is 1. The van der Waals surface area contributed by atoms with Gasteiger partial charge in [0.2, 0.25) is 0 Å². The van der Waals surface area contributed by atoms with Gasteiger partial charge in [-0.25, -0.2) is 0 Å². The zero-order valence-electron chi connectivity index (χ0n) is 9.98. The van der Waals surface area contributed by atoms with Crippen molar-refractivity contribution in [2.24, 2.45) is 5.73 Å². The summed E-state index contributed by atoms with van der Waals surface area (Å²) in [6.45, 7) is 2.48. The second-order valence-corrected chi connectivity index (χ2v) is 4.50. The molecule has 3 N–H and O–H groups in total.